The van der Waals surface area contributed by atoms with Gasteiger partial charge in [0.1, 0.15) is 17.3 Å². The Balaban J connectivity index is 1.49. The van der Waals surface area contributed by atoms with Crippen LogP contribution in [0.2, 0.25) is 0 Å². The molecule has 0 spiro atoms. The number of halogens is 1. The molecule has 2 aromatic carbocycles. The first-order chi connectivity index (χ1) is 12.6. The number of carbonyl (C=O) groups excluding carboxylic acids is 1. The van der Waals surface area contributed by atoms with Gasteiger partial charge in [0.2, 0.25) is 5.82 Å². The van der Waals surface area contributed by atoms with E-state index in [-0.39, 0.29) is 24.9 Å². The number of hydrogen-bond donors (Lipinski definition) is 0. The summed E-state index contributed by atoms with van der Waals surface area (Å²) in [6.07, 6.45) is 0. The monoisotopic (exact) mass is 358 g/mol. The Bertz CT molecular complexity index is 862. The SMILES string of the molecule is COc1ccc(-c2noc(COC(=O)COc3ccc(F)cc3)n2)cc1. The zero-order chi connectivity index (χ0) is 18.4. The highest BCUT2D eigenvalue weighted by molar-refractivity contribution is 5.71. The van der Waals surface area contributed by atoms with Crippen molar-refractivity contribution in [3.8, 4) is 22.9 Å². The van der Waals surface area contributed by atoms with Crippen molar-refractivity contribution < 1.29 is 27.9 Å². The lowest BCUT2D eigenvalue weighted by molar-refractivity contribution is -0.148. The molecule has 8 heteroatoms. The minimum absolute atomic E-state index is 0.158. The molecule has 0 saturated carbocycles. The van der Waals surface area contributed by atoms with E-state index >= 15 is 0 Å². The van der Waals surface area contributed by atoms with Crippen LogP contribution in [-0.4, -0.2) is 29.8 Å². The average Bonchev–Trinajstić information content (AvgIpc) is 3.15. The molecule has 3 aromatic rings. The Labute approximate surface area is 148 Å². The summed E-state index contributed by atoms with van der Waals surface area (Å²) in [6.45, 7) is -0.486. The summed E-state index contributed by atoms with van der Waals surface area (Å²) in [4.78, 5) is 15.8. The molecule has 134 valence electrons. The van der Waals surface area contributed by atoms with Gasteiger partial charge in [0.25, 0.3) is 5.89 Å². The zero-order valence-corrected chi connectivity index (χ0v) is 13.8. The van der Waals surface area contributed by atoms with E-state index < -0.39 is 5.97 Å². The molecule has 0 N–H and O–H groups in total. The standard InChI is InChI=1S/C18H15FN2O5/c1-23-14-6-2-12(3-7-14)18-20-16(26-21-18)10-25-17(22)11-24-15-8-4-13(19)5-9-15/h2-9H,10-11H2,1H3. The number of benzene rings is 2. The minimum Gasteiger partial charge on any atom is -0.497 e. The van der Waals surface area contributed by atoms with Gasteiger partial charge in [0.05, 0.1) is 7.11 Å². The molecule has 0 bridgehead atoms. The van der Waals surface area contributed by atoms with Crippen molar-refractivity contribution in [2.24, 2.45) is 0 Å². The third-order valence-corrected chi connectivity index (χ3v) is 3.34. The third-order valence-electron chi connectivity index (χ3n) is 3.34. The van der Waals surface area contributed by atoms with Crippen LogP contribution in [0.25, 0.3) is 11.4 Å². The summed E-state index contributed by atoms with van der Waals surface area (Å²) in [5.74, 6) is 0.616. The minimum atomic E-state index is -0.612. The summed E-state index contributed by atoms with van der Waals surface area (Å²) in [5.41, 5.74) is 0.742. The predicted molar refractivity (Wildman–Crippen MR) is 88.0 cm³/mol. The molecule has 0 aliphatic rings. The van der Waals surface area contributed by atoms with Gasteiger partial charge in [-0.15, -0.1) is 0 Å². The molecule has 0 saturated heterocycles. The second-order valence-electron chi connectivity index (χ2n) is 5.14. The molecular formula is C18H15FN2O5. The highest BCUT2D eigenvalue weighted by Crippen LogP contribution is 2.19. The largest absolute Gasteiger partial charge is 0.497 e. The van der Waals surface area contributed by atoms with Gasteiger partial charge >= 0.3 is 5.97 Å². The summed E-state index contributed by atoms with van der Waals surface area (Å²) >= 11 is 0. The van der Waals surface area contributed by atoms with E-state index in [4.69, 9.17) is 18.7 Å². The van der Waals surface area contributed by atoms with E-state index in [1.165, 1.54) is 24.3 Å². The normalized spacial score (nSPS) is 10.4. The maximum atomic E-state index is 12.8. The molecule has 0 atom stereocenters. The molecule has 7 nitrogen and oxygen atoms in total. The molecule has 0 aliphatic carbocycles. The Morgan fingerprint density at radius 1 is 1.08 bits per heavy atom. The predicted octanol–water partition coefficient (Wildman–Crippen LogP) is 3.01. The number of methoxy groups -OCH3 is 1. The quantitative estimate of drug-likeness (QED) is 0.600. The van der Waals surface area contributed by atoms with Gasteiger partial charge in [-0.05, 0) is 48.5 Å². The Hall–Kier alpha value is -3.42. The van der Waals surface area contributed by atoms with Crippen molar-refractivity contribution in [3.63, 3.8) is 0 Å². The summed E-state index contributed by atoms with van der Waals surface area (Å²) in [6, 6.07) is 12.4. The van der Waals surface area contributed by atoms with Gasteiger partial charge in [-0.1, -0.05) is 5.16 Å². The first-order valence-corrected chi connectivity index (χ1v) is 7.65. The fourth-order valence-corrected chi connectivity index (χ4v) is 2.03. The number of carbonyl (C=O) groups is 1. The number of ether oxygens (including phenoxy) is 3. The van der Waals surface area contributed by atoms with Crippen LogP contribution in [0, 0.1) is 5.82 Å². The zero-order valence-electron chi connectivity index (χ0n) is 13.8. The van der Waals surface area contributed by atoms with E-state index in [0.717, 1.165) is 5.56 Å². The second kappa shape index (κ2) is 8.11. The summed E-state index contributed by atoms with van der Waals surface area (Å²) < 4.78 is 33.1. The highest BCUT2D eigenvalue weighted by Gasteiger charge is 2.12. The van der Waals surface area contributed by atoms with E-state index in [0.29, 0.717) is 17.3 Å². The molecule has 0 aliphatic heterocycles. The number of rotatable bonds is 7. The van der Waals surface area contributed by atoms with Crippen molar-refractivity contribution >= 4 is 5.97 Å². The van der Waals surface area contributed by atoms with Gasteiger partial charge < -0.3 is 18.7 Å². The third kappa shape index (κ3) is 4.56. The Morgan fingerprint density at radius 2 is 1.77 bits per heavy atom. The first kappa shape index (κ1) is 17.4. The van der Waals surface area contributed by atoms with E-state index in [1.807, 2.05) is 0 Å². The van der Waals surface area contributed by atoms with Crippen LogP contribution in [0.15, 0.2) is 53.1 Å². The van der Waals surface area contributed by atoms with Crippen LogP contribution in [0.5, 0.6) is 11.5 Å². The first-order valence-electron chi connectivity index (χ1n) is 7.65. The topological polar surface area (TPSA) is 83.7 Å². The lowest BCUT2D eigenvalue weighted by atomic mass is 10.2. The number of esters is 1. The van der Waals surface area contributed by atoms with Crippen LogP contribution in [0.3, 0.4) is 0 Å². The van der Waals surface area contributed by atoms with E-state index in [9.17, 15) is 9.18 Å². The van der Waals surface area contributed by atoms with Crippen LogP contribution >= 0.6 is 0 Å². The van der Waals surface area contributed by atoms with Crippen LogP contribution < -0.4 is 9.47 Å². The van der Waals surface area contributed by atoms with Gasteiger partial charge in [0.15, 0.2) is 13.2 Å². The van der Waals surface area contributed by atoms with Gasteiger partial charge in [0, 0.05) is 5.56 Å². The molecule has 0 amide bonds. The van der Waals surface area contributed by atoms with Crippen molar-refractivity contribution in [2.45, 2.75) is 6.61 Å². The van der Waals surface area contributed by atoms with Crippen LogP contribution in [-0.2, 0) is 16.1 Å². The average molecular weight is 358 g/mol. The fraction of sp³-hybridized carbons (Fsp3) is 0.167. The summed E-state index contributed by atoms with van der Waals surface area (Å²) in [5, 5.41) is 3.84. The maximum absolute atomic E-state index is 12.8. The molecule has 26 heavy (non-hydrogen) atoms. The Morgan fingerprint density at radius 3 is 2.46 bits per heavy atom. The van der Waals surface area contributed by atoms with E-state index in [1.54, 1.807) is 31.4 Å². The smallest absolute Gasteiger partial charge is 0.344 e. The number of nitrogens with zero attached hydrogens (tertiary/aromatic N) is 2. The molecule has 0 fully saturated rings. The maximum Gasteiger partial charge on any atom is 0.344 e. The number of hydrogen-bond acceptors (Lipinski definition) is 7. The van der Waals surface area contributed by atoms with Gasteiger partial charge in [-0.3, -0.25) is 0 Å². The van der Waals surface area contributed by atoms with E-state index in [2.05, 4.69) is 10.1 Å². The molecule has 3 rings (SSSR count). The van der Waals surface area contributed by atoms with Crippen molar-refractivity contribution in [1.29, 1.82) is 0 Å². The second-order valence-corrected chi connectivity index (χ2v) is 5.14. The van der Waals surface area contributed by atoms with Crippen molar-refractivity contribution in [2.75, 3.05) is 13.7 Å². The van der Waals surface area contributed by atoms with Crippen LogP contribution in [0.4, 0.5) is 4.39 Å². The molecule has 1 heterocycles. The number of aromatic nitrogens is 2. The van der Waals surface area contributed by atoms with Gasteiger partial charge in [-0.25, -0.2) is 9.18 Å². The lowest BCUT2D eigenvalue weighted by Gasteiger charge is -2.05. The Kier molecular flexibility index (Phi) is 5.43. The fourth-order valence-electron chi connectivity index (χ4n) is 2.03. The van der Waals surface area contributed by atoms with Crippen LogP contribution in [0.1, 0.15) is 5.89 Å². The van der Waals surface area contributed by atoms with Crippen molar-refractivity contribution in [3.05, 3.63) is 60.2 Å². The highest BCUT2D eigenvalue weighted by atomic mass is 19.1. The van der Waals surface area contributed by atoms with Crippen molar-refractivity contribution in [1.82, 2.24) is 10.1 Å². The molecule has 0 unspecified atom stereocenters. The summed E-state index contributed by atoms with van der Waals surface area (Å²) in [7, 11) is 1.58. The molecule has 1 aromatic heterocycles. The lowest BCUT2D eigenvalue weighted by Crippen LogP contribution is -2.14. The van der Waals surface area contributed by atoms with Gasteiger partial charge in [-0.2, -0.15) is 4.98 Å². The molecular weight excluding hydrogens is 343 g/mol. The molecule has 0 radical (unpaired) electrons.